The van der Waals surface area contributed by atoms with Crippen molar-refractivity contribution in [1.82, 2.24) is 0 Å². The zero-order valence-electron chi connectivity index (χ0n) is 30.7. The molecule has 0 fully saturated rings. The van der Waals surface area contributed by atoms with Crippen LogP contribution in [0.15, 0.2) is 24.3 Å². The fourth-order valence-corrected chi connectivity index (χ4v) is 5.42. The van der Waals surface area contributed by atoms with Gasteiger partial charge in [-0.15, -0.1) is 0 Å². The van der Waals surface area contributed by atoms with Gasteiger partial charge in [-0.05, 0) is 64.2 Å². The summed E-state index contributed by atoms with van der Waals surface area (Å²) in [5, 5.41) is 0. The third kappa shape index (κ3) is 35.1. The second-order valence-electron chi connectivity index (χ2n) is 14.2. The van der Waals surface area contributed by atoms with E-state index in [1.54, 1.807) is 0 Å². The summed E-state index contributed by atoms with van der Waals surface area (Å²) in [5.74, 6) is -0.278. The van der Waals surface area contributed by atoms with E-state index >= 15 is 0 Å². The quantitative estimate of drug-likeness (QED) is 0.0402. The van der Waals surface area contributed by atoms with Gasteiger partial charge in [-0.2, -0.15) is 0 Å². The van der Waals surface area contributed by atoms with Crippen LogP contribution in [0, 0.1) is 5.41 Å². The predicted molar refractivity (Wildman–Crippen MR) is 195 cm³/mol. The molecule has 0 aliphatic heterocycles. The molecule has 264 valence electrons. The molecule has 0 amide bonds. The Morgan fingerprint density at radius 3 is 1.00 bits per heavy atom. The first-order chi connectivity index (χ1) is 21.9. The maximum atomic E-state index is 12.2. The van der Waals surface area contributed by atoms with E-state index in [-0.39, 0.29) is 30.6 Å². The molecule has 0 aromatic carbocycles. The van der Waals surface area contributed by atoms with Gasteiger partial charge in [0.05, 0.1) is 13.2 Å². The normalized spacial score (nSPS) is 12.0. The average Bonchev–Trinajstić information content (AvgIpc) is 3.03. The highest BCUT2D eigenvalue weighted by Gasteiger charge is 2.22. The number of hydrogen-bond acceptors (Lipinski definition) is 4. The van der Waals surface area contributed by atoms with Crippen molar-refractivity contribution in [3.05, 3.63) is 24.3 Å². The van der Waals surface area contributed by atoms with Crippen molar-refractivity contribution >= 4 is 11.9 Å². The van der Waals surface area contributed by atoms with E-state index in [4.69, 9.17) is 9.47 Å². The molecule has 0 N–H and O–H groups in total. The summed E-state index contributed by atoms with van der Waals surface area (Å²) in [6.45, 7) is 9.08. The molecule has 0 aliphatic rings. The van der Waals surface area contributed by atoms with E-state index in [9.17, 15) is 9.59 Å². The van der Waals surface area contributed by atoms with Gasteiger partial charge in [-0.1, -0.05) is 155 Å². The number of carbonyl (C=O) groups excluding carboxylic acids is 2. The molecule has 0 atom stereocenters. The molecule has 0 bridgehead atoms. The minimum Gasteiger partial charge on any atom is -0.465 e. The highest BCUT2D eigenvalue weighted by atomic mass is 16.5. The molecular weight excluding hydrogens is 556 g/mol. The van der Waals surface area contributed by atoms with Gasteiger partial charge in [0.15, 0.2) is 0 Å². The minimum absolute atomic E-state index is 0.137. The lowest BCUT2D eigenvalue weighted by Gasteiger charge is -2.23. The molecule has 0 saturated carbocycles. The monoisotopic (exact) mass is 633 g/mol. The summed E-state index contributed by atoms with van der Waals surface area (Å²) in [7, 11) is 0. The summed E-state index contributed by atoms with van der Waals surface area (Å²) >= 11 is 0. The maximum absolute atomic E-state index is 12.2. The number of carbonyl (C=O) groups is 2. The van der Waals surface area contributed by atoms with E-state index in [2.05, 4.69) is 38.2 Å². The molecular formula is C41H76O4. The predicted octanol–water partition coefficient (Wildman–Crippen LogP) is 13.2. The Labute approximate surface area is 281 Å². The molecule has 0 saturated heterocycles. The van der Waals surface area contributed by atoms with Crippen molar-refractivity contribution in [3.8, 4) is 0 Å². The SMILES string of the molecule is CCCCCCC/C=C/CCCCCCCCC(=O)OCC(C)(C)COC(=O)CCCCCC/C=C/CCCCCCCCC. The third-order valence-electron chi connectivity index (χ3n) is 8.53. The minimum atomic E-state index is -0.365. The lowest BCUT2D eigenvalue weighted by molar-refractivity contribution is -0.152. The second-order valence-corrected chi connectivity index (χ2v) is 14.2. The van der Waals surface area contributed by atoms with E-state index in [1.165, 1.54) is 128 Å². The Hall–Kier alpha value is -1.58. The Bertz CT molecular complexity index is 708. The standard InChI is InChI=1S/C41H76O4/c1-5-7-9-11-13-15-17-19-21-23-25-27-29-31-33-35-39(42)44-37-41(3,4)38-45-40(43)36-34-32-30-28-26-24-22-20-18-16-14-12-10-8-6-2/h17,19,22,24H,5-16,18,20-21,23,25-38H2,1-4H3/b19-17+,24-22+. The number of rotatable bonds is 34. The van der Waals surface area contributed by atoms with Gasteiger partial charge < -0.3 is 9.47 Å². The Morgan fingerprint density at radius 2 is 0.689 bits per heavy atom. The van der Waals surface area contributed by atoms with Crippen LogP contribution >= 0.6 is 0 Å². The summed E-state index contributed by atoms with van der Waals surface area (Å²) in [4.78, 5) is 24.4. The van der Waals surface area contributed by atoms with Crippen molar-refractivity contribution in [1.29, 1.82) is 0 Å². The first kappa shape index (κ1) is 43.4. The van der Waals surface area contributed by atoms with Gasteiger partial charge in [-0.3, -0.25) is 9.59 Å². The van der Waals surface area contributed by atoms with E-state index in [0.29, 0.717) is 12.8 Å². The zero-order chi connectivity index (χ0) is 33.1. The van der Waals surface area contributed by atoms with Crippen LogP contribution in [-0.4, -0.2) is 25.2 Å². The van der Waals surface area contributed by atoms with Crippen molar-refractivity contribution in [3.63, 3.8) is 0 Å². The van der Waals surface area contributed by atoms with Crippen LogP contribution in [0.3, 0.4) is 0 Å². The van der Waals surface area contributed by atoms with Crippen LogP contribution in [0.2, 0.25) is 0 Å². The van der Waals surface area contributed by atoms with Crippen LogP contribution in [0.1, 0.15) is 207 Å². The van der Waals surface area contributed by atoms with Gasteiger partial charge in [-0.25, -0.2) is 0 Å². The van der Waals surface area contributed by atoms with Crippen LogP contribution in [0.5, 0.6) is 0 Å². The molecule has 0 heterocycles. The summed E-state index contributed by atoms with van der Waals surface area (Å²) < 4.78 is 11.0. The van der Waals surface area contributed by atoms with Gasteiger partial charge in [0.1, 0.15) is 0 Å². The third-order valence-corrected chi connectivity index (χ3v) is 8.53. The zero-order valence-corrected chi connectivity index (χ0v) is 30.7. The lowest BCUT2D eigenvalue weighted by atomic mass is 9.96. The molecule has 0 aromatic heterocycles. The fourth-order valence-electron chi connectivity index (χ4n) is 5.42. The number of esters is 2. The van der Waals surface area contributed by atoms with Crippen LogP contribution in [0.4, 0.5) is 0 Å². The lowest BCUT2D eigenvalue weighted by Crippen LogP contribution is -2.28. The van der Waals surface area contributed by atoms with Crippen molar-refractivity contribution in [2.75, 3.05) is 13.2 Å². The summed E-state index contributed by atoms with van der Waals surface area (Å²) in [6.07, 6.45) is 42.8. The van der Waals surface area contributed by atoms with Gasteiger partial charge in [0, 0.05) is 18.3 Å². The summed E-state index contributed by atoms with van der Waals surface area (Å²) in [6, 6.07) is 0. The number of hydrogen-bond donors (Lipinski definition) is 0. The second kappa shape index (κ2) is 33.8. The first-order valence-electron chi connectivity index (χ1n) is 19.5. The van der Waals surface area contributed by atoms with E-state index < -0.39 is 0 Å². The Morgan fingerprint density at radius 1 is 0.422 bits per heavy atom. The van der Waals surface area contributed by atoms with E-state index in [0.717, 1.165) is 38.5 Å². The molecule has 4 heteroatoms. The molecule has 0 unspecified atom stereocenters. The van der Waals surface area contributed by atoms with Crippen molar-refractivity contribution in [2.24, 2.45) is 5.41 Å². The van der Waals surface area contributed by atoms with Gasteiger partial charge in [0.2, 0.25) is 0 Å². The molecule has 0 spiro atoms. The Kier molecular flexibility index (Phi) is 32.6. The van der Waals surface area contributed by atoms with Crippen molar-refractivity contribution < 1.29 is 19.1 Å². The molecule has 0 aromatic rings. The van der Waals surface area contributed by atoms with Crippen LogP contribution < -0.4 is 0 Å². The largest absolute Gasteiger partial charge is 0.465 e. The fraction of sp³-hybridized carbons (Fsp3) is 0.854. The van der Waals surface area contributed by atoms with Crippen LogP contribution in [0.25, 0.3) is 0 Å². The smallest absolute Gasteiger partial charge is 0.305 e. The van der Waals surface area contributed by atoms with Gasteiger partial charge in [0.25, 0.3) is 0 Å². The molecule has 0 aliphatic carbocycles. The van der Waals surface area contributed by atoms with Crippen LogP contribution in [-0.2, 0) is 19.1 Å². The molecule has 0 rings (SSSR count). The van der Waals surface area contributed by atoms with Crippen molar-refractivity contribution in [2.45, 2.75) is 207 Å². The maximum Gasteiger partial charge on any atom is 0.305 e. The van der Waals surface area contributed by atoms with E-state index in [1.807, 2.05) is 13.8 Å². The Balaban J connectivity index is 3.58. The van der Waals surface area contributed by atoms with Gasteiger partial charge >= 0.3 is 11.9 Å². The highest BCUT2D eigenvalue weighted by Crippen LogP contribution is 2.18. The number of allylic oxidation sites excluding steroid dienone is 4. The molecule has 45 heavy (non-hydrogen) atoms. The number of ether oxygens (including phenoxy) is 2. The molecule has 0 radical (unpaired) electrons. The highest BCUT2D eigenvalue weighted by molar-refractivity contribution is 5.69. The summed E-state index contributed by atoms with van der Waals surface area (Å²) in [5.41, 5.74) is -0.365. The first-order valence-corrected chi connectivity index (χ1v) is 19.5. The molecule has 4 nitrogen and oxygen atoms in total. The number of unbranched alkanes of at least 4 members (excludes halogenated alkanes) is 22. The topological polar surface area (TPSA) is 52.6 Å². The average molecular weight is 633 g/mol.